The highest BCUT2D eigenvalue weighted by atomic mass is 35.5. The Morgan fingerprint density at radius 2 is 2.05 bits per heavy atom. The number of nitrogens with zero attached hydrogens (tertiary/aromatic N) is 3. The molecule has 1 aliphatic heterocycles. The van der Waals surface area contributed by atoms with Gasteiger partial charge in [-0.1, -0.05) is 6.07 Å². The van der Waals surface area contributed by atoms with E-state index >= 15 is 0 Å². The summed E-state index contributed by atoms with van der Waals surface area (Å²) >= 11 is 0. The Hall–Kier alpha value is -1.37. The van der Waals surface area contributed by atoms with E-state index < -0.39 is 0 Å². The van der Waals surface area contributed by atoms with Gasteiger partial charge in [0.15, 0.2) is 0 Å². The van der Waals surface area contributed by atoms with Gasteiger partial charge in [0.05, 0.1) is 6.54 Å². The molecule has 2 rings (SSSR count). The van der Waals surface area contributed by atoms with Gasteiger partial charge in [0, 0.05) is 44.5 Å². The minimum Gasteiger partial charge on any atom is -0.354 e. The topological polar surface area (TPSA) is 60.5 Å². The SMILES string of the molecule is CNCC(=O)NCc1cccnc1N1CCN(C)CC1.Cl. The van der Waals surface area contributed by atoms with Crippen molar-refractivity contribution in [3.63, 3.8) is 0 Å². The summed E-state index contributed by atoms with van der Waals surface area (Å²) in [6.45, 7) is 4.90. The molecule has 6 nitrogen and oxygen atoms in total. The highest BCUT2D eigenvalue weighted by Crippen LogP contribution is 2.18. The summed E-state index contributed by atoms with van der Waals surface area (Å²) in [4.78, 5) is 20.6. The lowest BCUT2D eigenvalue weighted by molar-refractivity contribution is -0.120. The first-order valence-electron chi connectivity index (χ1n) is 6.99. The number of halogens is 1. The molecule has 0 saturated carbocycles. The second-order valence-electron chi connectivity index (χ2n) is 5.08. The summed E-state index contributed by atoms with van der Waals surface area (Å²) in [5.41, 5.74) is 1.07. The van der Waals surface area contributed by atoms with Crippen LogP contribution in [0.1, 0.15) is 5.56 Å². The second kappa shape index (κ2) is 8.81. The summed E-state index contributed by atoms with van der Waals surface area (Å²) in [5, 5.41) is 5.75. The lowest BCUT2D eigenvalue weighted by atomic mass is 10.2. The number of hydrogen-bond donors (Lipinski definition) is 2. The molecule has 0 aliphatic carbocycles. The Morgan fingerprint density at radius 1 is 1.33 bits per heavy atom. The quantitative estimate of drug-likeness (QED) is 0.807. The predicted octanol–water partition coefficient (Wildman–Crippen LogP) is 0.0908. The number of nitrogens with one attached hydrogen (secondary N) is 2. The number of piperazine rings is 1. The molecule has 1 aliphatic rings. The molecule has 21 heavy (non-hydrogen) atoms. The molecule has 1 fully saturated rings. The van der Waals surface area contributed by atoms with Gasteiger partial charge in [0.2, 0.25) is 5.91 Å². The standard InChI is InChI=1S/C14H23N5O.ClH/c1-15-11-13(20)17-10-12-4-3-5-16-14(12)19-8-6-18(2)7-9-19;/h3-5,15H,6-11H2,1-2H3,(H,17,20);1H. The van der Waals surface area contributed by atoms with E-state index in [-0.39, 0.29) is 18.3 Å². The molecule has 0 unspecified atom stereocenters. The van der Waals surface area contributed by atoms with E-state index in [1.807, 2.05) is 18.3 Å². The molecule has 0 spiro atoms. The van der Waals surface area contributed by atoms with Crippen LogP contribution >= 0.6 is 12.4 Å². The Morgan fingerprint density at radius 3 is 2.71 bits per heavy atom. The molecule has 118 valence electrons. The van der Waals surface area contributed by atoms with Crippen molar-refractivity contribution >= 4 is 24.1 Å². The van der Waals surface area contributed by atoms with Crippen LogP contribution in [0, 0.1) is 0 Å². The Bertz CT molecular complexity index is 449. The van der Waals surface area contributed by atoms with Crippen molar-refractivity contribution in [2.75, 3.05) is 51.7 Å². The van der Waals surface area contributed by atoms with Crippen molar-refractivity contribution in [1.29, 1.82) is 0 Å². The molecule has 2 heterocycles. The predicted molar refractivity (Wildman–Crippen MR) is 87.0 cm³/mol. The fourth-order valence-corrected chi connectivity index (χ4v) is 2.29. The van der Waals surface area contributed by atoms with E-state index in [9.17, 15) is 4.79 Å². The molecule has 0 atom stereocenters. The van der Waals surface area contributed by atoms with Crippen LogP contribution < -0.4 is 15.5 Å². The first kappa shape index (κ1) is 17.7. The third kappa shape index (κ3) is 5.15. The number of hydrogen-bond acceptors (Lipinski definition) is 5. The molecule has 0 radical (unpaired) electrons. The fourth-order valence-electron chi connectivity index (χ4n) is 2.29. The van der Waals surface area contributed by atoms with Gasteiger partial charge in [-0.3, -0.25) is 4.79 Å². The number of aromatic nitrogens is 1. The molecular formula is C14H24ClN5O. The average molecular weight is 314 g/mol. The lowest BCUT2D eigenvalue weighted by Gasteiger charge is -2.34. The zero-order chi connectivity index (χ0) is 14.4. The molecular weight excluding hydrogens is 290 g/mol. The van der Waals surface area contributed by atoms with Crippen LogP contribution in [-0.2, 0) is 11.3 Å². The summed E-state index contributed by atoms with van der Waals surface area (Å²) in [6.07, 6.45) is 1.81. The van der Waals surface area contributed by atoms with Crippen LogP contribution in [0.25, 0.3) is 0 Å². The van der Waals surface area contributed by atoms with E-state index in [1.54, 1.807) is 7.05 Å². The first-order valence-corrected chi connectivity index (χ1v) is 6.99. The number of pyridine rings is 1. The smallest absolute Gasteiger partial charge is 0.234 e. The first-order chi connectivity index (χ1) is 9.70. The van der Waals surface area contributed by atoms with Crippen molar-refractivity contribution in [2.24, 2.45) is 0 Å². The van der Waals surface area contributed by atoms with E-state index in [0.29, 0.717) is 13.1 Å². The van der Waals surface area contributed by atoms with Gasteiger partial charge in [0.25, 0.3) is 0 Å². The summed E-state index contributed by atoms with van der Waals surface area (Å²) in [7, 11) is 3.90. The Kier molecular flexibility index (Phi) is 7.42. The summed E-state index contributed by atoms with van der Waals surface area (Å²) < 4.78 is 0. The summed E-state index contributed by atoms with van der Waals surface area (Å²) in [5.74, 6) is 0.992. The second-order valence-corrected chi connectivity index (χ2v) is 5.08. The number of anilines is 1. The van der Waals surface area contributed by atoms with E-state index in [2.05, 4.69) is 32.5 Å². The molecule has 1 aromatic heterocycles. The molecule has 2 N–H and O–H groups in total. The van der Waals surface area contributed by atoms with E-state index in [4.69, 9.17) is 0 Å². The highest BCUT2D eigenvalue weighted by Gasteiger charge is 2.17. The van der Waals surface area contributed by atoms with Crippen molar-refractivity contribution in [3.05, 3.63) is 23.9 Å². The molecule has 0 bridgehead atoms. The van der Waals surface area contributed by atoms with Gasteiger partial charge < -0.3 is 20.4 Å². The molecule has 1 aromatic rings. The number of carbonyl (C=O) groups excluding carboxylic acids is 1. The lowest BCUT2D eigenvalue weighted by Crippen LogP contribution is -2.45. The minimum absolute atomic E-state index is 0. The molecule has 1 saturated heterocycles. The third-order valence-electron chi connectivity index (χ3n) is 3.48. The maximum atomic E-state index is 11.5. The van der Waals surface area contributed by atoms with Crippen LogP contribution in [0.15, 0.2) is 18.3 Å². The summed E-state index contributed by atoms with van der Waals surface area (Å²) in [6, 6.07) is 3.94. The maximum Gasteiger partial charge on any atom is 0.234 e. The monoisotopic (exact) mass is 313 g/mol. The van der Waals surface area contributed by atoms with Crippen molar-refractivity contribution in [3.8, 4) is 0 Å². The number of rotatable bonds is 5. The maximum absolute atomic E-state index is 11.5. The van der Waals surface area contributed by atoms with Crippen LogP contribution in [0.4, 0.5) is 5.82 Å². The van der Waals surface area contributed by atoms with Gasteiger partial charge in [-0.2, -0.15) is 0 Å². The highest BCUT2D eigenvalue weighted by molar-refractivity contribution is 5.85. The molecule has 7 heteroatoms. The van der Waals surface area contributed by atoms with E-state index in [1.165, 1.54) is 0 Å². The third-order valence-corrected chi connectivity index (χ3v) is 3.48. The number of likely N-dealkylation sites (N-methyl/N-ethyl adjacent to an activating group) is 2. The zero-order valence-electron chi connectivity index (χ0n) is 12.6. The van der Waals surface area contributed by atoms with Crippen molar-refractivity contribution < 1.29 is 4.79 Å². The normalized spacial score (nSPS) is 15.4. The fraction of sp³-hybridized carbons (Fsp3) is 0.571. The zero-order valence-corrected chi connectivity index (χ0v) is 13.4. The Balaban J connectivity index is 0.00000220. The van der Waals surface area contributed by atoms with Crippen LogP contribution in [-0.4, -0.2) is 62.6 Å². The van der Waals surface area contributed by atoms with Gasteiger partial charge in [0.1, 0.15) is 5.82 Å². The number of amides is 1. The van der Waals surface area contributed by atoms with Crippen LogP contribution in [0.2, 0.25) is 0 Å². The van der Waals surface area contributed by atoms with E-state index in [0.717, 1.165) is 37.6 Å². The van der Waals surface area contributed by atoms with Gasteiger partial charge in [-0.05, 0) is 20.2 Å². The van der Waals surface area contributed by atoms with Gasteiger partial charge >= 0.3 is 0 Å². The van der Waals surface area contributed by atoms with Crippen molar-refractivity contribution in [2.45, 2.75) is 6.54 Å². The van der Waals surface area contributed by atoms with Gasteiger partial charge in [-0.25, -0.2) is 4.98 Å². The molecule has 1 amide bonds. The Labute approximate surface area is 132 Å². The van der Waals surface area contributed by atoms with Crippen LogP contribution in [0.3, 0.4) is 0 Å². The van der Waals surface area contributed by atoms with Gasteiger partial charge in [-0.15, -0.1) is 12.4 Å². The number of carbonyl (C=O) groups is 1. The van der Waals surface area contributed by atoms with Crippen LogP contribution in [0.5, 0.6) is 0 Å². The molecule has 0 aromatic carbocycles. The largest absolute Gasteiger partial charge is 0.354 e. The average Bonchev–Trinajstić information content (AvgIpc) is 2.47. The minimum atomic E-state index is 0. The van der Waals surface area contributed by atoms with Crippen molar-refractivity contribution in [1.82, 2.24) is 20.5 Å².